The van der Waals surface area contributed by atoms with Crippen molar-refractivity contribution in [3.63, 3.8) is 0 Å². The molecule has 1 amide bonds. The quantitative estimate of drug-likeness (QED) is 0.625. The monoisotopic (exact) mass is 443 g/mol. The van der Waals surface area contributed by atoms with Crippen LogP contribution in [0, 0.1) is 0 Å². The first-order chi connectivity index (χ1) is 14.4. The molecular weight excluding hydrogens is 429 g/mol. The summed E-state index contributed by atoms with van der Waals surface area (Å²) in [7, 11) is 1.47. The van der Waals surface area contributed by atoms with Crippen molar-refractivity contribution in [2.45, 2.75) is 13.2 Å². The molecule has 1 aliphatic rings. The summed E-state index contributed by atoms with van der Waals surface area (Å²) in [5.41, 5.74) is 2.24. The zero-order valence-corrected chi connectivity index (χ0v) is 17.4. The van der Waals surface area contributed by atoms with Crippen LogP contribution in [0.25, 0.3) is 5.69 Å². The van der Waals surface area contributed by atoms with E-state index in [1.807, 2.05) is 6.07 Å². The largest absolute Gasteiger partial charge is 0.432 e. The number of benzene rings is 2. The molecule has 8 nitrogen and oxygen atoms in total. The van der Waals surface area contributed by atoms with E-state index in [4.69, 9.17) is 27.9 Å². The molecule has 0 saturated carbocycles. The molecule has 2 heterocycles. The maximum Gasteiger partial charge on any atom is 0.304 e. The molecule has 0 saturated heterocycles. The van der Waals surface area contributed by atoms with E-state index in [-0.39, 0.29) is 11.6 Å². The first-order valence-corrected chi connectivity index (χ1v) is 9.64. The Balaban J connectivity index is 2.03. The molecule has 1 unspecified atom stereocenters. The number of nitrogens with zero attached hydrogens (tertiary/aromatic N) is 4. The van der Waals surface area contributed by atoms with E-state index in [1.54, 1.807) is 36.4 Å². The second kappa shape index (κ2) is 7.89. The van der Waals surface area contributed by atoms with Gasteiger partial charge in [0.25, 0.3) is 12.1 Å². The molecule has 0 fully saturated rings. The molecule has 30 heavy (non-hydrogen) atoms. The van der Waals surface area contributed by atoms with E-state index in [9.17, 15) is 9.59 Å². The second-order valence-corrected chi connectivity index (χ2v) is 7.21. The van der Waals surface area contributed by atoms with Crippen molar-refractivity contribution in [3.05, 3.63) is 75.3 Å². The molecule has 0 radical (unpaired) electrons. The summed E-state index contributed by atoms with van der Waals surface area (Å²) in [5, 5.41) is 7.72. The lowest BCUT2D eigenvalue weighted by molar-refractivity contribution is -0.146. The van der Waals surface area contributed by atoms with E-state index in [2.05, 4.69) is 20.4 Å². The molecule has 0 spiro atoms. The van der Waals surface area contributed by atoms with Crippen LogP contribution in [-0.2, 0) is 9.53 Å². The van der Waals surface area contributed by atoms with E-state index in [0.29, 0.717) is 32.6 Å². The number of carbonyl (C=O) groups excluding carboxylic acids is 2. The van der Waals surface area contributed by atoms with Gasteiger partial charge in [0.05, 0.1) is 11.4 Å². The number of aliphatic imine (C=N–C) groups is 1. The molecule has 1 atom stereocenters. The number of esters is 1. The normalized spacial score (nSPS) is 14.8. The highest BCUT2D eigenvalue weighted by molar-refractivity contribution is 6.36. The van der Waals surface area contributed by atoms with Crippen LogP contribution in [0.1, 0.15) is 40.7 Å². The molecule has 4 rings (SSSR count). The minimum atomic E-state index is -1.15. The average Bonchev–Trinajstić information content (AvgIpc) is 3.11. The summed E-state index contributed by atoms with van der Waals surface area (Å²) in [6, 6.07) is 12.3. The number of halogens is 2. The summed E-state index contributed by atoms with van der Waals surface area (Å²) < 4.78 is 6.85. The third-order valence-electron chi connectivity index (χ3n) is 4.38. The molecule has 1 aliphatic heterocycles. The number of nitrogens with one attached hydrogen (secondary N) is 1. The van der Waals surface area contributed by atoms with Crippen LogP contribution in [0.2, 0.25) is 10.0 Å². The van der Waals surface area contributed by atoms with Crippen molar-refractivity contribution in [2.24, 2.45) is 4.99 Å². The molecule has 0 bridgehead atoms. The fraction of sp³-hybridized carbons (Fsp3) is 0.150. The van der Waals surface area contributed by atoms with E-state index in [1.165, 1.54) is 18.7 Å². The van der Waals surface area contributed by atoms with E-state index in [0.717, 1.165) is 0 Å². The number of rotatable bonds is 3. The van der Waals surface area contributed by atoms with E-state index < -0.39 is 18.1 Å². The summed E-state index contributed by atoms with van der Waals surface area (Å²) in [6.07, 6.45) is -1.15. The summed E-state index contributed by atoms with van der Waals surface area (Å²) >= 11 is 12.7. The molecule has 152 valence electrons. The van der Waals surface area contributed by atoms with Gasteiger partial charge >= 0.3 is 5.97 Å². The number of amides is 1. The van der Waals surface area contributed by atoms with E-state index >= 15 is 0 Å². The van der Waals surface area contributed by atoms with Gasteiger partial charge in [-0.1, -0.05) is 41.4 Å². The minimum absolute atomic E-state index is 0.0815. The van der Waals surface area contributed by atoms with Gasteiger partial charge in [0.1, 0.15) is 0 Å². The Hall–Kier alpha value is -3.23. The highest BCUT2D eigenvalue weighted by atomic mass is 35.5. The summed E-state index contributed by atoms with van der Waals surface area (Å²) in [5.74, 6) is -0.957. The molecule has 0 aliphatic carbocycles. The highest BCUT2D eigenvalue weighted by Gasteiger charge is 2.31. The smallest absolute Gasteiger partial charge is 0.304 e. The van der Waals surface area contributed by atoms with Gasteiger partial charge in [-0.25, -0.2) is 14.7 Å². The van der Waals surface area contributed by atoms with Crippen molar-refractivity contribution >= 4 is 40.8 Å². The van der Waals surface area contributed by atoms with Crippen molar-refractivity contribution in [3.8, 4) is 5.69 Å². The molecule has 10 heteroatoms. The zero-order valence-electron chi connectivity index (χ0n) is 15.9. The Morgan fingerprint density at radius 3 is 2.60 bits per heavy atom. The third-order valence-corrected chi connectivity index (χ3v) is 4.94. The maximum atomic E-state index is 12.1. The van der Waals surface area contributed by atoms with Crippen LogP contribution in [0.3, 0.4) is 0 Å². The Bertz CT molecular complexity index is 1200. The Morgan fingerprint density at radius 2 is 1.90 bits per heavy atom. The van der Waals surface area contributed by atoms with Gasteiger partial charge in [0.15, 0.2) is 5.82 Å². The molecular formula is C20H15Cl2N5O3. The standard InChI is InChI=1S/C20H15Cl2N5O3/c1-10(28)30-20-18-25-17(19(29)23-2)26-27(18)15-8-7-11(21)9-13(15)16(24-20)12-5-3-4-6-14(12)22/h3-9,20H,1-2H3,(H,23,29). The SMILES string of the molecule is CNC(=O)c1nc2n(n1)-c1ccc(Cl)cc1C(c1ccccc1Cl)=NC2OC(C)=O. The molecule has 1 N–H and O–H groups in total. The minimum Gasteiger partial charge on any atom is -0.432 e. The van der Waals surface area contributed by atoms with Crippen LogP contribution in [0.5, 0.6) is 0 Å². The molecule has 2 aromatic carbocycles. The lowest BCUT2D eigenvalue weighted by Crippen LogP contribution is -2.20. The van der Waals surface area contributed by atoms with Gasteiger partial charge in [0, 0.05) is 35.1 Å². The number of ether oxygens (including phenoxy) is 1. The summed E-state index contributed by atoms with van der Waals surface area (Å²) in [4.78, 5) is 32.8. The Labute approximate surface area is 181 Å². The fourth-order valence-corrected chi connectivity index (χ4v) is 3.50. The predicted molar refractivity (Wildman–Crippen MR) is 111 cm³/mol. The first-order valence-electron chi connectivity index (χ1n) is 8.88. The zero-order chi connectivity index (χ0) is 21.4. The van der Waals surface area contributed by atoms with Gasteiger partial charge in [-0.05, 0) is 24.3 Å². The van der Waals surface area contributed by atoms with Gasteiger partial charge in [0.2, 0.25) is 5.82 Å². The van der Waals surface area contributed by atoms with Crippen molar-refractivity contribution in [1.82, 2.24) is 20.1 Å². The summed E-state index contributed by atoms with van der Waals surface area (Å²) in [6.45, 7) is 1.26. The lowest BCUT2D eigenvalue weighted by atomic mass is 10.0. The molecule has 3 aromatic rings. The van der Waals surface area contributed by atoms with Crippen LogP contribution >= 0.6 is 23.2 Å². The van der Waals surface area contributed by atoms with Crippen LogP contribution < -0.4 is 5.32 Å². The van der Waals surface area contributed by atoms with Gasteiger partial charge in [-0.15, -0.1) is 5.10 Å². The van der Waals surface area contributed by atoms with Gasteiger partial charge < -0.3 is 10.1 Å². The number of hydrogen-bond donors (Lipinski definition) is 1. The highest BCUT2D eigenvalue weighted by Crippen LogP contribution is 2.33. The second-order valence-electron chi connectivity index (χ2n) is 6.37. The number of hydrogen-bond acceptors (Lipinski definition) is 6. The molecule has 1 aromatic heterocycles. The van der Waals surface area contributed by atoms with Crippen molar-refractivity contribution < 1.29 is 14.3 Å². The first kappa shape index (κ1) is 20.1. The van der Waals surface area contributed by atoms with Crippen molar-refractivity contribution in [2.75, 3.05) is 7.05 Å². The number of carbonyl (C=O) groups is 2. The predicted octanol–water partition coefficient (Wildman–Crippen LogP) is 3.35. The van der Waals surface area contributed by atoms with Crippen LogP contribution in [-0.4, -0.2) is 39.4 Å². The maximum absolute atomic E-state index is 12.1. The number of aromatic nitrogens is 3. The van der Waals surface area contributed by atoms with Crippen molar-refractivity contribution in [1.29, 1.82) is 0 Å². The van der Waals surface area contributed by atoms with Gasteiger partial charge in [-0.3, -0.25) is 9.59 Å². The number of fused-ring (bicyclic) bond motifs is 3. The van der Waals surface area contributed by atoms with Gasteiger partial charge in [-0.2, -0.15) is 0 Å². The lowest BCUT2D eigenvalue weighted by Gasteiger charge is -2.13. The Morgan fingerprint density at radius 1 is 1.13 bits per heavy atom. The average molecular weight is 444 g/mol. The Kier molecular flexibility index (Phi) is 5.27. The topological polar surface area (TPSA) is 98.5 Å². The third kappa shape index (κ3) is 3.55. The van der Waals surface area contributed by atoms with Crippen LogP contribution in [0.15, 0.2) is 47.5 Å². The fourth-order valence-electron chi connectivity index (χ4n) is 3.10. The van der Waals surface area contributed by atoms with Crippen LogP contribution in [0.4, 0.5) is 0 Å².